The van der Waals surface area contributed by atoms with Crippen LogP contribution in [0.5, 0.6) is 0 Å². The summed E-state index contributed by atoms with van der Waals surface area (Å²) in [5.41, 5.74) is 0. The van der Waals surface area contributed by atoms with Crippen molar-refractivity contribution in [1.29, 1.82) is 0 Å². The highest BCUT2D eigenvalue weighted by atomic mass is 35.5. The van der Waals surface area contributed by atoms with Gasteiger partial charge < -0.3 is 4.55 Å². The minimum atomic E-state index is -2.36. The molecule has 0 aromatic rings. The Bertz CT molecular complexity index is 32.6. The summed E-state index contributed by atoms with van der Waals surface area (Å²) in [6, 6.07) is 0. The van der Waals surface area contributed by atoms with Crippen LogP contribution < -0.4 is 5.14 Å². The summed E-state index contributed by atoms with van der Waals surface area (Å²) >= 11 is -2.36. The van der Waals surface area contributed by atoms with Gasteiger partial charge in [-0.05, 0) is 0 Å². The van der Waals surface area contributed by atoms with E-state index in [1.165, 1.54) is 0 Å². The van der Waals surface area contributed by atoms with E-state index in [1.54, 1.807) is 0 Å². The van der Waals surface area contributed by atoms with Crippen molar-refractivity contribution < 1.29 is 8.76 Å². The van der Waals surface area contributed by atoms with E-state index < -0.39 is 11.3 Å². The van der Waals surface area contributed by atoms with Crippen LogP contribution in [0.3, 0.4) is 0 Å². The highest BCUT2D eigenvalue weighted by Crippen LogP contribution is 1.33. The van der Waals surface area contributed by atoms with Gasteiger partial charge in [0.25, 0.3) is 0 Å². The first-order chi connectivity index (χ1) is 1.73. The Morgan fingerprint density at radius 2 is 1.80 bits per heavy atom. The van der Waals surface area contributed by atoms with E-state index in [0.717, 1.165) is 0 Å². The summed E-state index contributed by atoms with van der Waals surface area (Å²) < 4.78 is 17.6. The van der Waals surface area contributed by atoms with Crippen LogP contribution in [0.4, 0.5) is 0 Å². The van der Waals surface area contributed by atoms with E-state index in [2.05, 4.69) is 5.14 Å². The lowest BCUT2D eigenvalue weighted by Crippen LogP contribution is -1.97. The van der Waals surface area contributed by atoms with Crippen molar-refractivity contribution in [2.75, 3.05) is 0 Å². The Hall–Kier alpha value is 0.360. The molecule has 1 unspecified atom stereocenters. The number of hydrogen-bond donors (Lipinski definition) is 1. The zero-order valence-electron chi connectivity index (χ0n) is 2.21. The molecule has 0 aliphatic heterocycles. The second-order valence-electron chi connectivity index (χ2n) is 0.260. The molecule has 0 saturated carbocycles. The summed E-state index contributed by atoms with van der Waals surface area (Å²) in [7, 11) is 0. The second kappa shape index (κ2) is 4.36. The van der Waals surface area contributed by atoms with E-state index >= 15 is 0 Å². The zero-order valence-corrected chi connectivity index (χ0v) is 3.84. The first-order valence-corrected chi connectivity index (χ1v) is 1.71. The topological polar surface area (TPSA) is 66.2 Å². The van der Waals surface area contributed by atoms with Gasteiger partial charge in [0, 0.05) is 11.3 Å². The van der Waals surface area contributed by atoms with Crippen molar-refractivity contribution in [2.45, 2.75) is 0 Å². The molecule has 0 radical (unpaired) electrons. The Kier molecular flexibility index (Phi) is 7.87. The molecule has 0 aromatic carbocycles. The van der Waals surface area contributed by atoms with Crippen LogP contribution in [0.15, 0.2) is 0 Å². The SMILES string of the molecule is Cl.NS(=O)[O-]. The molecule has 5 heteroatoms. The van der Waals surface area contributed by atoms with Gasteiger partial charge in [0.05, 0.1) is 0 Å². The molecule has 2 N–H and O–H groups in total. The minimum absolute atomic E-state index is 0. The third-order valence-corrected chi connectivity index (χ3v) is 0. The molecule has 0 heterocycles. The molecule has 3 nitrogen and oxygen atoms in total. The highest BCUT2D eigenvalue weighted by Gasteiger charge is 1.39. The molecule has 0 aromatic heterocycles. The molecule has 0 amide bonds. The largest absolute Gasteiger partial charge is 0.760 e. The number of halogens is 1. The molecule has 0 rings (SSSR count). The van der Waals surface area contributed by atoms with Gasteiger partial charge in [0.15, 0.2) is 0 Å². The summed E-state index contributed by atoms with van der Waals surface area (Å²) in [5.74, 6) is 0. The van der Waals surface area contributed by atoms with Crippen LogP contribution in [0.2, 0.25) is 0 Å². The van der Waals surface area contributed by atoms with Crippen LogP contribution in [0.25, 0.3) is 0 Å². The van der Waals surface area contributed by atoms with Gasteiger partial charge >= 0.3 is 0 Å². The van der Waals surface area contributed by atoms with Crippen molar-refractivity contribution in [3.05, 3.63) is 0 Å². The Morgan fingerprint density at radius 1 is 1.80 bits per heavy atom. The highest BCUT2D eigenvalue weighted by molar-refractivity contribution is 7.76. The lowest BCUT2D eigenvalue weighted by atomic mass is 13.9. The molecule has 0 fully saturated rings. The lowest BCUT2D eigenvalue weighted by Gasteiger charge is -1.85. The van der Waals surface area contributed by atoms with Gasteiger partial charge in [-0.3, -0.25) is 9.35 Å². The number of hydrogen-bond acceptors (Lipinski definition) is 2. The molecule has 0 bridgehead atoms. The van der Waals surface area contributed by atoms with E-state index in [1.807, 2.05) is 0 Å². The van der Waals surface area contributed by atoms with Crippen molar-refractivity contribution in [2.24, 2.45) is 5.14 Å². The standard InChI is InChI=1S/ClH.H3NO2S/c;1-4(2)3/h1H;1H2,(H,2,3)/p-1. The summed E-state index contributed by atoms with van der Waals surface area (Å²) in [6.07, 6.45) is 0. The Morgan fingerprint density at radius 3 is 1.80 bits per heavy atom. The molecule has 1 atom stereocenters. The fourth-order valence-electron chi connectivity index (χ4n) is 0. The normalized spacial score (nSPS) is 12.4. The minimum Gasteiger partial charge on any atom is -0.760 e. The van der Waals surface area contributed by atoms with Gasteiger partial charge in [-0.15, -0.1) is 12.4 Å². The maximum Gasteiger partial charge on any atom is 0.0152 e. The second-order valence-corrected chi connectivity index (χ2v) is 0.781. The van der Waals surface area contributed by atoms with Gasteiger partial charge in [-0.2, -0.15) is 0 Å². The van der Waals surface area contributed by atoms with Crippen molar-refractivity contribution in [1.82, 2.24) is 0 Å². The Balaban J connectivity index is 0. The van der Waals surface area contributed by atoms with E-state index in [0.29, 0.717) is 0 Å². The molecule has 0 aliphatic rings. The predicted octanol–water partition coefficient (Wildman–Crippen LogP) is -0.839. The molecule has 34 valence electrons. The van der Waals surface area contributed by atoms with Crippen LogP contribution in [0.1, 0.15) is 0 Å². The first-order valence-electron chi connectivity index (χ1n) is 0.569. The quantitative estimate of drug-likeness (QED) is 0.420. The maximum absolute atomic E-state index is 8.78. The molecular formula is H3ClNO2S-. The Labute approximate surface area is 38.4 Å². The van der Waals surface area contributed by atoms with Gasteiger partial charge in [0.2, 0.25) is 0 Å². The smallest absolute Gasteiger partial charge is 0.0152 e. The van der Waals surface area contributed by atoms with Crippen LogP contribution >= 0.6 is 12.4 Å². The van der Waals surface area contributed by atoms with Crippen molar-refractivity contribution in [3.8, 4) is 0 Å². The average Bonchev–Trinajstić information content (AvgIpc) is 0.811. The van der Waals surface area contributed by atoms with Gasteiger partial charge in [-0.1, -0.05) is 0 Å². The predicted molar refractivity (Wildman–Crippen MR) is 20.4 cm³/mol. The van der Waals surface area contributed by atoms with Crippen molar-refractivity contribution in [3.63, 3.8) is 0 Å². The summed E-state index contributed by atoms with van der Waals surface area (Å²) in [5, 5.41) is 4.03. The molecule has 0 saturated heterocycles. The fourth-order valence-corrected chi connectivity index (χ4v) is 0. The third-order valence-electron chi connectivity index (χ3n) is 0. The molecular weight excluding hydrogens is 114 g/mol. The summed E-state index contributed by atoms with van der Waals surface area (Å²) in [6.45, 7) is 0. The summed E-state index contributed by atoms with van der Waals surface area (Å²) in [4.78, 5) is 0. The molecule has 0 spiro atoms. The van der Waals surface area contributed by atoms with E-state index in [9.17, 15) is 0 Å². The van der Waals surface area contributed by atoms with Gasteiger partial charge in [0.1, 0.15) is 0 Å². The van der Waals surface area contributed by atoms with Crippen LogP contribution in [0, 0.1) is 0 Å². The fraction of sp³-hybridized carbons (Fsp3) is 0. The first kappa shape index (κ1) is 9.03. The number of nitrogens with two attached hydrogens (primary N) is 1. The zero-order chi connectivity index (χ0) is 3.58. The van der Waals surface area contributed by atoms with E-state index in [-0.39, 0.29) is 12.4 Å². The maximum atomic E-state index is 8.78. The number of rotatable bonds is 0. The lowest BCUT2D eigenvalue weighted by molar-refractivity contribution is 0.539. The monoisotopic (exact) mass is 116 g/mol. The van der Waals surface area contributed by atoms with Crippen LogP contribution in [-0.4, -0.2) is 8.76 Å². The van der Waals surface area contributed by atoms with E-state index in [4.69, 9.17) is 8.76 Å². The van der Waals surface area contributed by atoms with Gasteiger partial charge in [-0.25, -0.2) is 0 Å². The molecule has 5 heavy (non-hydrogen) atoms. The molecule has 0 aliphatic carbocycles. The third kappa shape index (κ3) is 187. The van der Waals surface area contributed by atoms with Crippen molar-refractivity contribution >= 4 is 23.7 Å². The van der Waals surface area contributed by atoms with Crippen LogP contribution in [-0.2, 0) is 11.3 Å². The average molecular weight is 117 g/mol.